The summed E-state index contributed by atoms with van der Waals surface area (Å²) in [7, 11) is 0. The molecular weight excluding hydrogens is 342 g/mol. The van der Waals surface area contributed by atoms with Crippen LogP contribution in [0, 0.1) is 11.8 Å². The second-order valence-corrected chi connectivity index (χ2v) is 7.71. The van der Waals surface area contributed by atoms with Gasteiger partial charge < -0.3 is 10.2 Å². The van der Waals surface area contributed by atoms with E-state index in [0.29, 0.717) is 24.7 Å². The highest BCUT2D eigenvalue weighted by atomic mass is 16.2. The predicted molar refractivity (Wildman–Crippen MR) is 101 cm³/mol. The summed E-state index contributed by atoms with van der Waals surface area (Å²) in [5.74, 6) is 0.439. The van der Waals surface area contributed by atoms with Gasteiger partial charge in [0.15, 0.2) is 0 Å². The molecule has 1 aromatic carbocycles. The normalized spacial score (nSPS) is 25.6. The van der Waals surface area contributed by atoms with Crippen molar-refractivity contribution in [3.05, 3.63) is 36.7 Å². The van der Waals surface area contributed by atoms with E-state index >= 15 is 0 Å². The molecule has 1 unspecified atom stereocenters. The monoisotopic (exact) mass is 367 g/mol. The van der Waals surface area contributed by atoms with Crippen LogP contribution in [0.2, 0.25) is 0 Å². The van der Waals surface area contributed by atoms with Crippen LogP contribution >= 0.6 is 0 Å². The quantitative estimate of drug-likeness (QED) is 0.901. The van der Waals surface area contributed by atoms with E-state index in [1.165, 1.54) is 0 Å². The van der Waals surface area contributed by atoms with E-state index < -0.39 is 0 Å². The molecule has 0 spiro atoms. The highest BCUT2D eigenvalue weighted by molar-refractivity contribution is 5.98. The van der Waals surface area contributed by atoms with Crippen molar-refractivity contribution in [3.8, 4) is 5.69 Å². The smallest absolute Gasteiger partial charge is 0.229 e. The van der Waals surface area contributed by atoms with Crippen molar-refractivity contribution in [1.29, 1.82) is 0 Å². The predicted octanol–water partition coefficient (Wildman–Crippen LogP) is 2.63. The topological polar surface area (TPSA) is 80.1 Å². The van der Waals surface area contributed by atoms with Crippen LogP contribution in [-0.4, -0.2) is 44.3 Å². The molecule has 1 aliphatic carbocycles. The van der Waals surface area contributed by atoms with Crippen molar-refractivity contribution < 1.29 is 9.59 Å². The lowest BCUT2D eigenvalue weighted by atomic mass is 9.87. The van der Waals surface area contributed by atoms with Gasteiger partial charge in [-0.1, -0.05) is 24.3 Å². The molecule has 142 valence electrons. The van der Waals surface area contributed by atoms with Gasteiger partial charge in [-0.05, 0) is 43.7 Å². The Labute approximate surface area is 158 Å². The Hall–Kier alpha value is -2.70. The lowest BCUT2D eigenvalue weighted by molar-refractivity contribution is -0.130. The largest absolute Gasteiger partial charge is 0.339 e. The van der Waals surface area contributed by atoms with Gasteiger partial charge in [-0.2, -0.15) is 0 Å². The zero-order chi connectivity index (χ0) is 18.8. The van der Waals surface area contributed by atoms with Gasteiger partial charge in [0, 0.05) is 19.0 Å². The number of rotatable bonds is 4. The molecule has 2 aromatic rings. The van der Waals surface area contributed by atoms with Gasteiger partial charge in [0.2, 0.25) is 11.8 Å². The summed E-state index contributed by atoms with van der Waals surface area (Å²) in [5.41, 5.74) is 1.43. The fraction of sp³-hybridized carbons (Fsp3) is 0.500. The fourth-order valence-corrected chi connectivity index (χ4v) is 4.16. The second-order valence-electron chi connectivity index (χ2n) is 7.71. The van der Waals surface area contributed by atoms with Crippen molar-refractivity contribution in [1.82, 2.24) is 19.9 Å². The number of carbonyl (C=O) groups is 2. The van der Waals surface area contributed by atoms with E-state index in [1.54, 1.807) is 17.1 Å². The molecular formula is C20H25N5O2. The third kappa shape index (κ3) is 3.72. The standard InChI is InChI=1S/C20H25N5O2/c1-14-6-8-16(9-7-14)24-13-15(12-19(24)26)20(27)22-17-4-2-3-5-18(17)25-11-10-21-23-25/h2-5,10-11,14-16H,6-9,12-13H2,1H3,(H,22,27). The number of nitrogens with zero attached hydrogens (tertiary/aromatic N) is 4. The number of nitrogens with one attached hydrogen (secondary N) is 1. The number of anilines is 1. The summed E-state index contributed by atoms with van der Waals surface area (Å²) in [6.45, 7) is 2.79. The lowest BCUT2D eigenvalue weighted by Gasteiger charge is -2.33. The SMILES string of the molecule is CC1CCC(N2CC(C(=O)Nc3ccccc3-n3ccnn3)CC2=O)CC1. The number of amides is 2. The summed E-state index contributed by atoms with van der Waals surface area (Å²) in [6, 6.07) is 7.77. The van der Waals surface area contributed by atoms with Crippen molar-refractivity contribution in [3.63, 3.8) is 0 Å². The Balaban J connectivity index is 1.43. The number of hydrogen-bond donors (Lipinski definition) is 1. The van der Waals surface area contributed by atoms with Gasteiger partial charge in [-0.25, -0.2) is 4.68 Å². The van der Waals surface area contributed by atoms with Crippen LogP contribution in [0.25, 0.3) is 5.69 Å². The third-order valence-electron chi connectivity index (χ3n) is 5.79. The summed E-state index contributed by atoms with van der Waals surface area (Å²) in [4.78, 5) is 27.3. The second kappa shape index (κ2) is 7.50. The summed E-state index contributed by atoms with van der Waals surface area (Å²) >= 11 is 0. The van der Waals surface area contributed by atoms with E-state index in [2.05, 4.69) is 22.6 Å². The van der Waals surface area contributed by atoms with E-state index in [9.17, 15) is 9.59 Å². The van der Waals surface area contributed by atoms with Gasteiger partial charge in [0.05, 0.1) is 29.7 Å². The maximum absolute atomic E-state index is 12.8. The molecule has 1 aromatic heterocycles. The molecule has 1 atom stereocenters. The molecule has 2 fully saturated rings. The molecule has 27 heavy (non-hydrogen) atoms. The number of carbonyl (C=O) groups excluding carboxylic acids is 2. The first-order chi connectivity index (χ1) is 13.1. The summed E-state index contributed by atoms with van der Waals surface area (Å²) in [5, 5.41) is 10.8. The molecule has 1 saturated heterocycles. The Kier molecular flexibility index (Phi) is 4.92. The van der Waals surface area contributed by atoms with Crippen LogP contribution in [0.4, 0.5) is 5.69 Å². The first-order valence-electron chi connectivity index (χ1n) is 9.68. The first-order valence-corrected chi connectivity index (χ1v) is 9.68. The minimum Gasteiger partial charge on any atom is -0.339 e. The highest BCUT2D eigenvalue weighted by Crippen LogP contribution is 2.32. The maximum atomic E-state index is 12.8. The Bertz CT molecular complexity index is 812. The highest BCUT2D eigenvalue weighted by Gasteiger charge is 2.38. The van der Waals surface area contributed by atoms with Gasteiger partial charge in [0.1, 0.15) is 0 Å². The number of aromatic nitrogens is 3. The Morgan fingerprint density at radius 3 is 2.70 bits per heavy atom. The van der Waals surface area contributed by atoms with E-state index in [0.717, 1.165) is 37.3 Å². The number of para-hydroxylation sites is 2. The molecule has 7 nitrogen and oxygen atoms in total. The zero-order valence-electron chi connectivity index (χ0n) is 15.5. The van der Waals surface area contributed by atoms with Gasteiger partial charge in [-0.3, -0.25) is 9.59 Å². The molecule has 1 saturated carbocycles. The van der Waals surface area contributed by atoms with Crippen LogP contribution in [0.5, 0.6) is 0 Å². The molecule has 7 heteroatoms. The van der Waals surface area contributed by atoms with Crippen molar-refractivity contribution >= 4 is 17.5 Å². The van der Waals surface area contributed by atoms with E-state index in [1.807, 2.05) is 29.2 Å². The average Bonchev–Trinajstić information content (AvgIpc) is 3.33. The molecule has 1 aliphatic heterocycles. The first kappa shape index (κ1) is 17.7. The maximum Gasteiger partial charge on any atom is 0.229 e. The van der Waals surface area contributed by atoms with E-state index in [4.69, 9.17) is 0 Å². The minimum atomic E-state index is -0.305. The van der Waals surface area contributed by atoms with Crippen LogP contribution < -0.4 is 5.32 Å². The Morgan fingerprint density at radius 1 is 1.19 bits per heavy atom. The van der Waals surface area contributed by atoms with Crippen LogP contribution in [0.15, 0.2) is 36.7 Å². The number of benzene rings is 1. The molecule has 4 rings (SSSR count). The molecule has 2 heterocycles. The molecule has 0 radical (unpaired) electrons. The zero-order valence-corrected chi connectivity index (χ0v) is 15.5. The molecule has 1 N–H and O–H groups in total. The molecule has 2 aliphatic rings. The minimum absolute atomic E-state index is 0.109. The van der Waals surface area contributed by atoms with Gasteiger partial charge >= 0.3 is 0 Å². The van der Waals surface area contributed by atoms with Crippen molar-refractivity contribution in [2.45, 2.75) is 45.1 Å². The average molecular weight is 367 g/mol. The number of hydrogen-bond acceptors (Lipinski definition) is 4. The molecule has 0 bridgehead atoms. The van der Waals surface area contributed by atoms with Crippen LogP contribution in [-0.2, 0) is 9.59 Å². The Morgan fingerprint density at radius 2 is 1.96 bits per heavy atom. The van der Waals surface area contributed by atoms with Crippen molar-refractivity contribution in [2.24, 2.45) is 11.8 Å². The number of likely N-dealkylation sites (tertiary alicyclic amines) is 1. The van der Waals surface area contributed by atoms with Gasteiger partial charge in [0.25, 0.3) is 0 Å². The summed E-state index contributed by atoms with van der Waals surface area (Å²) in [6.07, 6.45) is 8.05. The molecule has 2 amide bonds. The van der Waals surface area contributed by atoms with Crippen molar-refractivity contribution in [2.75, 3.05) is 11.9 Å². The van der Waals surface area contributed by atoms with Crippen LogP contribution in [0.3, 0.4) is 0 Å². The van der Waals surface area contributed by atoms with E-state index in [-0.39, 0.29) is 17.7 Å². The third-order valence-corrected chi connectivity index (χ3v) is 5.79. The van der Waals surface area contributed by atoms with Gasteiger partial charge in [-0.15, -0.1) is 5.10 Å². The summed E-state index contributed by atoms with van der Waals surface area (Å²) < 4.78 is 1.62. The van der Waals surface area contributed by atoms with Crippen LogP contribution in [0.1, 0.15) is 39.0 Å². The lowest BCUT2D eigenvalue weighted by Crippen LogP contribution is -2.39. The fourth-order valence-electron chi connectivity index (χ4n) is 4.16.